The van der Waals surface area contributed by atoms with E-state index in [0.29, 0.717) is 10.6 Å². The van der Waals surface area contributed by atoms with Crippen LogP contribution in [0.4, 0.5) is 0 Å². The quantitative estimate of drug-likeness (QED) is 0.250. The van der Waals surface area contributed by atoms with Gasteiger partial charge in [0, 0.05) is 23.7 Å². The van der Waals surface area contributed by atoms with Crippen LogP contribution in [0.15, 0.2) is 29.3 Å². The Bertz CT molecular complexity index is 443. The van der Waals surface area contributed by atoms with E-state index in [9.17, 15) is 5.11 Å². The first-order valence-corrected chi connectivity index (χ1v) is 8.01. The first-order chi connectivity index (χ1) is 10.2. The van der Waals surface area contributed by atoms with Crippen molar-refractivity contribution in [1.82, 2.24) is 10.6 Å². The van der Waals surface area contributed by atoms with Gasteiger partial charge in [0.1, 0.15) is 6.10 Å². The van der Waals surface area contributed by atoms with Crippen molar-refractivity contribution in [2.24, 2.45) is 4.99 Å². The molecule has 3 N–H and O–H groups in total. The van der Waals surface area contributed by atoms with Crippen LogP contribution in [-0.2, 0) is 0 Å². The molecule has 6 heteroatoms. The highest BCUT2D eigenvalue weighted by Crippen LogP contribution is 2.22. The predicted octanol–water partition coefficient (Wildman–Crippen LogP) is 3.74. The summed E-state index contributed by atoms with van der Waals surface area (Å²) in [6, 6.07) is 7.31. The second-order valence-electron chi connectivity index (χ2n) is 4.89. The molecule has 0 fully saturated rings. The maximum Gasteiger partial charge on any atom is 0.191 e. The molecule has 0 radical (unpaired) electrons. The largest absolute Gasteiger partial charge is 0.386 e. The minimum absolute atomic E-state index is 0. The zero-order valence-electron chi connectivity index (χ0n) is 13.3. The molecule has 126 valence electrons. The van der Waals surface area contributed by atoms with E-state index in [4.69, 9.17) is 11.6 Å². The number of guanidine groups is 1. The van der Waals surface area contributed by atoms with E-state index in [1.807, 2.05) is 25.1 Å². The first-order valence-electron chi connectivity index (χ1n) is 7.63. The number of nitrogens with one attached hydrogen (secondary N) is 2. The summed E-state index contributed by atoms with van der Waals surface area (Å²) in [7, 11) is 0. The van der Waals surface area contributed by atoms with Crippen molar-refractivity contribution in [1.29, 1.82) is 0 Å². The first kappa shape index (κ1) is 21.5. The van der Waals surface area contributed by atoms with Crippen molar-refractivity contribution >= 4 is 41.5 Å². The standard InChI is InChI=1S/C16H26ClN3O.HI/c1-3-5-8-11-19-16(18-4-2)20-12-15(21)13-9-6-7-10-14(13)17;/h6-7,9-10,15,21H,3-5,8,11-12H2,1-2H3,(H2,18,19,20);1H. The van der Waals surface area contributed by atoms with Crippen LogP contribution < -0.4 is 10.6 Å². The number of benzene rings is 1. The average molecular weight is 440 g/mol. The van der Waals surface area contributed by atoms with Gasteiger partial charge in [-0.3, -0.25) is 4.99 Å². The molecule has 0 aliphatic carbocycles. The van der Waals surface area contributed by atoms with Crippen LogP contribution >= 0.6 is 35.6 Å². The van der Waals surface area contributed by atoms with E-state index in [0.717, 1.165) is 25.5 Å². The zero-order chi connectivity index (χ0) is 15.5. The van der Waals surface area contributed by atoms with Crippen LogP contribution in [0.5, 0.6) is 0 Å². The molecule has 0 heterocycles. The number of aliphatic hydroxyl groups is 1. The summed E-state index contributed by atoms with van der Waals surface area (Å²) in [5, 5.41) is 17.2. The van der Waals surface area contributed by atoms with E-state index >= 15 is 0 Å². The minimum atomic E-state index is -0.690. The highest BCUT2D eigenvalue weighted by atomic mass is 127. The Morgan fingerprint density at radius 1 is 1.23 bits per heavy atom. The summed E-state index contributed by atoms with van der Waals surface area (Å²) < 4.78 is 0. The third kappa shape index (κ3) is 8.19. The van der Waals surface area contributed by atoms with Gasteiger partial charge in [-0.1, -0.05) is 49.6 Å². The van der Waals surface area contributed by atoms with Gasteiger partial charge >= 0.3 is 0 Å². The van der Waals surface area contributed by atoms with Crippen molar-refractivity contribution in [3.63, 3.8) is 0 Å². The number of hydrogen-bond acceptors (Lipinski definition) is 2. The van der Waals surface area contributed by atoms with E-state index in [-0.39, 0.29) is 30.5 Å². The molecule has 0 amide bonds. The summed E-state index contributed by atoms with van der Waals surface area (Å²) >= 11 is 6.07. The van der Waals surface area contributed by atoms with Crippen LogP contribution in [0.1, 0.15) is 44.8 Å². The van der Waals surface area contributed by atoms with E-state index in [1.54, 1.807) is 6.07 Å². The van der Waals surface area contributed by atoms with Crippen LogP contribution in [0.2, 0.25) is 5.02 Å². The fourth-order valence-electron chi connectivity index (χ4n) is 1.94. The molecule has 1 rings (SSSR count). The number of hydrogen-bond donors (Lipinski definition) is 3. The fraction of sp³-hybridized carbons (Fsp3) is 0.562. The molecule has 0 aliphatic rings. The summed E-state index contributed by atoms with van der Waals surface area (Å²) in [6.45, 7) is 6.17. The van der Waals surface area contributed by atoms with Gasteiger partial charge in [-0.2, -0.15) is 0 Å². The lowest BCUT2D eigenvalue weighted by atomic mass is 10.1. The Kier molecular flexibility index (Phi) is 12.6. The lowest BCUT2D eigenvalue weighted by molar-refractivity contribution is 0.187. The van der Waals surface area contributed by atoms with Gasteiger partial charge in [0.05, 0.1) is 6.54 Å². The highest BCUT2D eigenvalue weighted by molar-refractivity contribution is 14.0. The minimum Gasteiger partial charge on any atom is -0.386 e. The van der Waals surface area contributed by atoms with Crippen molar-refractivity contribution < 1.29 is 5.11 Å². The highest BCUT2D eigenvalue weighted by Gasteiger charge is 2.10. The molecule has 0 bridgehead atoms. The van der Waals surface area contributed by atoms with Crippen LogP contribution in [-0.4, -0.2) is 30.7 Å². The monoisotopic (exact) mass is 439 g/mol. The average Bonchev–Trinajstić information content (AvgIpc) is 2.49. The molecule has 0 aromatic heterocycles. The fourth-order valence-corrected chi connectivity index (χ4v) is 2.21. The van der Waals surface area contributed by atoms with Crippen LogP contribution in [0, 0.1) is 0 Å². The molecule has 0 spiro atoms. The SMILES string of the molecule is CCCCCNC(=NCC(O)c1ccccc1Cl)NCC.I. The Labute approximate surface area is 155 Å². The van der Waals surface area contributed by atoms with Gasteiger partial charge in [0.2, 0.25) is 0 Å². The van der Waals surface area contributed by atoms with E-state index in [2.05, 4.69) is 22.5 Å². The maximum atomic E-state index is 10.2. The van der Waals surface area contributed by atoms with Crippen molar-refractivity contribution in [2.75, 3.05) is 19.6 Å². The molecular weight excluding hydrogens is 413 g/mol. The summed E-state index contributed by atoms with van der Waals surface area (Å²) in [4.78, 5) is 4.41. The number of aliphatic hydroxyl groups excluding tert-OH is 1. The number of halogens is 2. The third-order valence-corrected chi connectivity index (χ3v) is 3.45. The van der Waals surface area contributed by atoms with Gasteiger partial charge < -0.3 is 15.7 Å². The smallest absolute Gasteiger partial charge is 0.191 e. The molecule has 1 atom stereocenters. The lowest BCUT2D eigenvalue weighted by Gasteiger charge is -2.14. The third-order valence-electron chi connectivity index (χ3n) is 3.10. The Morgan fingerprint density at radius 3 is 2.59 bits per heavy atom. The predicted molar refractivity (Wildman–Crippen MR) is 105 cm³/mol. The zero-order valence-corrected chi connectivity index (χ0v) is 16.4. The van der Waals surface area contributed by atoms with E-state index < -0.39 is 6.10 Å². The topological polar surface area (TPSA) is 56.7 Å². The number of rotatable bonds is 8. The summed E-state index contributed by atoms with van der Waals surface area (Å²) in [6.07, 6.45) is 2.83. The van der Waals surface area contributed by atoms with Gasteiger partial charge in [-0.05, 0) is 19.4 Å². The number of unbranched alkanes of at least 4 members (excludes halogenated alkanes) is 2. The Hall–Kier alpha value is -0.530. The number of aliphatic imine (C=N–C) groups is 1. The molecule has 1 unspecified atom stereocenters. The number of nitrogens with zero attached hydrogens (tertiary/aromatic N) is 1. The molecule has 0 saturated carbocycles. The molecule has 1 aromatic rings. The second-order valence-corrected chi connectivity index (χ2v) is 5.30. The van der Waals surface area contributed by atoms with Gasteiger partial charge in [-0.15, -0.1) is 24.0 Å². The molecule has 1 aromatic carbocycles. The molecule has 0 saturated heterocycles. The summed E-state index contributed by atoms with van der Waals surface area (Å²) in [5.74, 6) is 0.736. The Morgan fingerprint density at radius 2 is 1.95 bits per heavy atom. The van der Waals surface area contributed by atoms with Gasteiger partial charge in [0.15, 0.2) is 5.96 Å². The van der Waals surface area contributed by atoms with Crippen LogP contribution in [0.25, 0.3) is 0 Å². The molecular formula is C16H27ClIN3O. The maximum absolute atomic E-state index is 10.2. The van der Waals surface area contributed by atoms with Crippen molar-refractivity contribution in [3.05, 3.63) is 34.9 Å². The van der Waals surface area contributed by atoms with Crippen molar-refractivity contribution in [2.45, 2.75) is 39.2 Å². The van der Waals surface area contributed by atoms with Gasteiger partial charge in [-0.25, -0.2) is 0 Å². The lowest BCUT2D eigenvalue weighted by Crippen LogP contribution is -2.38. The molecule has 22 heavy (non-hydrogen) atoms. The molecule has 4 nitrogen and oxygen atoms in total. The second kappa shape index (κ2) is 13.0. The normalized spacial score (nSPS) is 12.5. The van der Waals surface area contributed by atoms with Gasteiger partial charge in [0.25, 0.3) is 0 Å². The van der Waals surface area contributed by atoms with E-state index in [1.165, 1.54) is 12.8 Å². The Balaban J connectivity index is 0.00000441. The summed E-state index contributed by atoms with van der Waals surface area (Å²) in [5.41, 5.74) is 0.713. The molecule has 0 aliphatic heterocycles. The van der Waals surface area contributed by atoms with Crippen molar-refractivity contribution in [3.8, 4) is 0 Å². The van der Waals surface area contributed by atoms with Crippen LogP contribution in [0.3, 0.4) is 0 Å².